The molecule has 2 fully saturated rings. The van der Waals surface area contributed by atoms with Gasteiger partial charge in [0.1, 0.15) is 0 Å². The Morgan fingerprint density at radius 3 is 2.81 bits per heavy atom. The van der Waals surface area contributed by atoms with Gasteiger partial charge < -0.3 is 5.32 Å². The normalized spacial score (nSPS) is 33.4. The van der Waals surface area contributed by atoms with Gasteiger partial charge in [0, 0.05) is 31.7 Å². The number of fused-ring (bicyclic) bond motifs is 2. The van der Waals surface area contributed by atoms with Crippen LogP contribution in [0.5, 0.6) is 0 Å². The van der Waals surface area contributed by atoms with E-state index in [0.717, 1.165) is 24.5 Å². The second-order valence-corrected chi connectivity index (χ2v) is 5.07. The highest BCUT2D eigenvalue weighted by Gasteiger charge is 2.45. The third-order valence-electron chi connectivity index (χ3n) is 4.20. The molecular formula is C14H20N2. The van der Waals surface area contributed by atoms with E-state index in [2.05, 4.69) is 47.5 Å². The van der Waals surface area contributed by atoms with E-state index < -0.39 is 0 Å². The average molecular weight is 216 g/mol. The maximum atomic E-state index is 3.63. The molecule has 0 aliphatic carbocycles. The van der Waals surface area contributed by atoms with Gasteiger partial charge in [-0.15, -0.1) is 0 Å². The predicted molar refractivity (Wildman–Crippen MR) is 66.2 cm³/mol. The van der Waals surface area contributed by atoms with Crippen LogP contribution in [0.4, 0.5) is 0 Å². The summed E-state index contributed by atoms with van der Waals surface area (Å²) in [7, 11) is 0. The van der Waals surface area contributed by atoms with Crippen molar-refractivity contribution in [1.29, 1.82) is 0 Å². The Morgan fingerprint density at radius 2 is 2.12 bits per heavy atom. The summed E-state index contributed by atoms with van der Waals surface area (Å²) in [5.41, 5.74) is 1.45. The van der Waals surface area contributed by atoms with Crippen LogP contribution in [-0.2, 0) is 6.54 Å². The summed E-state index contributed by atoms with van der Waals surface area (Å²) in [5.74, 6) is 0.878. The quantitative estimate of drug-likeness (QED) is 0.830. The smallest absolute Gasteiger partial charge is 0.0268 e. The molecule has 2 bridgehead atoms. The number of likely N-dealkylation sites (tertiary alicyclic amines) is 1. The first-order chi connectivity index (χ1) is 7.88. The lowest BCUT2D eigenvalue weighted by molar-refractivity contribution is 0.207. The number of nitrogens with zero attached hydrogens (tertiary/aromatic N) is 1. The maximum Gasteiger partial charge on any atom is 0.0268 e. The van der Waals surface area contributed by atoms with Gasteiger partial charge in [-0.3, -0.25) is 4.90 Å². The molecule has 3 rings (SSSR count). The second-order valence-electron chi connectivity index (χ2n) is 5.07. The van der Waals surface area contributed by atoms with E-state index in [1.54, 1.807) is 0 Å². The predicted octanol–water partition coefficient (Wildman–Crippen LogP) is 1.87. The van der Waals surface area contributed by atoms with Gasteiger partial charge in [0.05, 0.1) is 0 Å². The molecule has 3 atom stereocenters. The van der Waals surface area contributed by atoms with Crippen molar-refractivity contribution >= 4 is 0 Å². The van der Waals surface area contributed by atoms with Crippen LogP contribution in [0.1, 0.15) is 18.9 Å². The Bertz CT molecular complexity index is 349. The highest BCUT2D eigenvalue weighted by molar-refractivity contribution is 5.16. The van der Waals surface area contributed by atoms with E-state index in [0.29, 0.717) is 0 Å². The SMILES string of the molecule is CCC1C2CN(Cc3ccccc3)C1CN2. The zero-order chi connectivity index (χ0) is 11.0. The van der Waals surface area contributed by atoms with Crippen LogP contribution in [0.25, 0.3) is 0 Å². The van der Waals surface area contributed by atoms with Crippen LogP contribution in [0, 0.1) is 5.92 Å². The summed E-state index contributed by atoms with van der Waals surface area (Å²) in [6, 6.07) is 12.4. The van der Waals surface area contributed by atoms with Gasteiger partial charge in [0.25, 0.3) is 0 Å². The zero-order valence-corrected chi connectivity index (χ0v) is 9.89. The molecule has 0 radical (unpaired) electrons. The number of hydrogen-bond donors (Lipinski definition) is 1. The van der Waals surface area contributed by atoms with Crippen LogP contribution in [0.2, 0.25) is 0 Å². The van der Waals surface area contributed by atoms with Crippen molar-refractivity contribution in [3.05, 3.63) is 35.9 Å². The monoisotopic (exact) mass is 216 g/mol. The first-order valence-corrected chi connectivity index (χ1v) is 6.40. The fraction of sp³-hybridized carbons (Fsp3) is 0.571. The van der Waals surface area contributed by atoms with Crippen LogP contribution >= 0.6 is 0 Å². The fourth-order valence-corrected chi connectivity index (χ4v) is 3.39. The molecule has 0 saturated carbocycles. The molecule has 1 aromatic rings. The molecule has 0 aromatic heterocycles. The van der Waals surface area contributed by atoms with E-state index in [4.69, 9.17) is 0 Å². The summed E-state index contributed by atoms with van der Waals surface area (Å²) < 4.78 is 0. The van der Waals surface area contributed by atoms with Crippen molar-refractivity contribution in [1.82, 2.24) is 10.2 Å². The standard InChI is InChI=1S/C14H20N2/c1-2-12-13-10-16(14(12)8-15-13)9-11-6-4-3-5-7-11/h3-7,12-15H,2,8-10H2,1H3. The van der Waals surface area contributed by atoms with Crippen molar-refractivity contribution in [3.8, 4) is 0 Å². The third kappa shape index (κ3) is 1.66. The highest BCUT2D eigenvalue weighted by Crippen LogP contribution is 2.32. The van der Waals surface area contributed by atoms with Gasteiger partial charge in [-0.1, -0.05) is 43.7 Å². The zero-order valence-electron chi connectivity index (χ0n) is 9.89. The summed E-state index contributed by atoms with van der Waals surface area (Å²) in [4.78, 5) is 2.66. The van der Waals surface area contributed by atoms with Gasteiger partial charge >= 0.3 is 0 Å². The molecule has 2 aliphatic rings. The van der Waals surface area contributed by atoms with E-state index in [-0.39, 0.29) is 0 Å². The van der Waals surface area contributed by atoms with Gasteiger partial charge in [-0.25, -0.2) is 0 Å². The molecule has 0 spiro atoms. The maximum absolute atomic E-state index is 3.63. The molecule has 3 unspecified atom stereocenters. The lowest BCUT2D eigenvalue weighted by Crippen LogP contribution is -2.42. The lowest BCUT2D eigenvalue weighted by atomic mass is 9.98. The molecule has 1 N–H and O–H groups in total. The Balaban J connectivity index is 1.70. The molecule has 1 aromatic carbocycles. The molecule has 2 heterocycles. The van der Waals surface area contributed by atoms with Crippen LogP contribution < -0.4 is 5.32 Å². The number of piperazine rings is 1. The van der Waals surface area contributed by atoms with Crippen LogP contribution in [0.3, 0.4) is 0 Å². The topological polar surface area (TPSA) is 15.3 Å². The summed E-state index contributed by atoms with van der Waals surface area (Å²) >= 11 is 0. The van der Waals surface area contributed by atoms with Gasteiger partial charge in [-0.2, -0.15) is 0 Å². The molecule has 2 aliphatic heterocycles. The van der Waals surface area contributed by atoms with E-state index in [9.17, 15) is 0 Å². The van der Waals surface area contributed by atoms with E-state index >= 15 is 0 Å². The minimum Gasteiger partial charge on any atom is -0.311 e. The van der Waals surface area contributed by atoms with Crippen molar-refractivity contribution in [2.75, 3.05) is 13.1 Å². The van der Waals surface area contributed by atoms with Gasteiger partial charge in [0.2, 0.25) is 0 Å². The molecule has 2 saturated heterocycles. The number of hydrogen-bond acceptors (Lipinski definition) is 2. The Labute approximate surface area is 97.6 Å². The summed E-state index contributed by atoms with van der Waals surface area (Å²) in [6.07, 6.45) is 1.31. The van der Waals surface area contributed by atoms with E-state index in [1.165, 1.54) is 25.1 Å². The highest BCUT2D eigenvalue weighted by atomic mass is 15.3. The van der Waals surface area contributed by atoms with Crippen molar-refractivity contribution in [2.45, 2.75) is 32.0 Å². The largest absolute Gasteiger partial charge is 0.311 e. The second kappa shape index (κ2) is 4.19. The first-order valence-electron chi connectivity index (χ1n) is 6.40. The van der Waals surface area contributed by atoms with Crippen LogP contribution in [-0.4, -0.2) is 30.1 Å². The Kier molecular flexibility index (Phi) is 2.70. The molecular weight excluding hydrogens is 196 g/mol. The fourth-order valence-electron chi connectivity index (χ4n) is 3.39. The van der Waals surface area contributed by atoms with Crippen molar-refractivity contribution in [3.63, 3.8) is 0 Å². The van der Waals surface area contributed by atoms with Crippen molar-refractivity contribution in [2.24, 2.45) is 5.92 Å². The van der Waals surface area contributed by atoms with E-state index in [1.807, 2.05) is 0 Å². The average Bonchev–Trinajstić information content (AvgIpc) is 2.86. The Hall–Kier alpha value is -0.860. The number of nitrogens with one attached hydrogen (secondary N) is 1. The van der Waals surface area contributed by atoms with Crippen molar-refractivity contribution < 1.29 is 0 Å². The summed E-state index contributed by atoms with van der Waals surface area (Å²) in [5, 5.41) is 3.63. The first kappa shape index (κ1) is 10.3. The Morgan fingerprint density at radius 1 is 1.31 bits per heavy atom. The lowest BCUT2D eigenvalue weighted by Gasteiger charge is -2.27. The molecule has 0 amide bonds. The van der Waals surface area contributed by atoms with Gasteiger partial charge in [0.15, 0.2) is 0 Å². The molecule has 16 heavy (non-hydrogen) atoms. The minimum atomic E-state index is 0.749. The number of rotatable bonds is 3. The molecule has 86 valence electrons. The van der Waals surface area contributed by atoms with Gasteiger partial charge in [-0.05, 0) is 11.5 Å². The number of benzene rings is 1. The molecule has 2 nitrogen and oxygen atoms in total. The third-order valence-corrected chi connectivity index (χ3v) is 4.20. The minimum absolute atomic E-state index is 0.749. The molecule has 2 heteroatoms. The summed E-state index contributed by atoms with van der Waals surface area (Å²) in [6.45, 7) is 5.87. The van der Waals surface area contributed by atoms with Crippen LogP contribution in [0.15, 0.2) is 30.3 Å².